The van der Waals surface area contributed by atoms with Crippen molar-refractivity contribution in [3.05, 3.63) is 58.1 Å². The zero-order valence-corrected chi connectivity index (χ0v) is 15.5. The Hall–Kier alpha value is -1.46. The van der Waals surface area contributed by atoms with E-state index in [9.17, 15) is 0 Å². The second-order valence-electron chi connectivity index (χ2n) is 5.24. The van der Waals surface area contributed by atoms with Gasteiger partial charge in [0.15, 0.2) is 0 Å². The molecule has 4 rings (SSSR count). The molecule has 0 heterocycles. The molecule has 5 N–H and O–H groups in total. The van der Waals surface area contributed by atoms with Crippen LogP contribution in [0.4, 0.5) is 0 Å². The minimum atomic E-state index is 0. The number of alkyl halides is 1. The van der Waals surface area contributed by atoms with Crippen LogP contribution in [-0.2, 0) is 12.8 Å². The van der Waals surface area contributed by atoms with Crippen molar-refractivity contribution in [2.24, 2.45) is 5.73 Å². The Bertz CT molecular complexity index is 665. The van der Waals surface area contributed by atoms with Gasteiger partial charge in [-0.25, -0.2) is 0 Å². The fourth-order valence-corrected chi connectivity index (χ4v) is 3.04. The van der Waals surface area contributed by atoms with Crippen molar-refractivity contribution in [2.75, 3.05) is 20.8 Å². The Balaban J connectivity index is 0.000000236. The van der Waals surface area contributed by atoms with E-state index in [1.165, 1.54) is 0 Å². The molecule has 0 fully saturated rings. The van der Waals surface area contributed by atoms with E-state index in [1.54, 1.807) is 14.2 Å². The van der Waals surface area contributed by atoms with Crippen LogP contribution in [0.3, 0.4) is 0 Å². The smallest absolute Gasteiger partial charge is 0.122 e. The summed E-state index contributed by atoms with van der Waals surface area (Å²) in [6.45, 7) is 0.615. The molecule has 2 aliphatic carbocycles. The van der Waals surface area contributed by atoms with E-state index in [0.717, 1.165) is 46.1 Å². The molecule has 24 heavy (non-hydrogen) atoms. The number of rotatable bonds is 4. The van der Waals surface area contributed by atoms with Crippen molar-refractivity contribution in [3.8, 4) is 11.5 Å². The van der Waals surface area contributed by atoms with E-state index in [4.69, 9.17) is 38.4 Å². The van der Waals surface area contributed by atoms with E-state index < -0.39 is 0 Å². The molecule has 1 atom stereocenters. The van der Waals surface area contributed by atoms with Crippen molar-refractivity contribution in [1.29, 1.82) is 0 Å². The van der Waals surface area contributed by atoms with Gasteiger partial charge in [-0.15, -0.1) is 11.6 Å². The Morgan fingerprint density at radius 1 is 1.12 bits per heavy atom. The first kappa shape index (κ1) is 20.6. The zero-order valence-electron chi connectivity index (χ0n) is 14.0. The number of halogens is 2. The molecule has 6 heteroatoms. The predicted molar refractivity (Wildman–Crippen MR) is 101 cm³/mol. The van der Waals surface area contributed by atoms with Crippen LogP contribution < -0.4 is 21.4 Å². The lowest BCUT2D eigenvalue weighted by Gasteiger charge is -2.18. The maximum Gasteiger partial charge on any atom is 0.122 e. The fourth-order valence-electron chi connectivity index (χ4n) is 2.47. The van der Waals surface area contributed by atoms with Gasteiger partial charge in [0.1, 0.15) is 11.5 Å². The number of fused-ring (bicyclic) bond motifs is 3. The summed E-state index contributed by atoms with van der Waals surface area (Å²) >= 11 is 11.8. The predicted octanol–water partition coefficient (Wildman–Crippen LogP) is 4.54. The van der Waals surface area contributed by atoms with Gasteiger partial charge in [-0.3, -0.25) is 0 Å². The average molecular weight is 371 g/mol. The third-order valence-electron chi connectivity index (χ3n) is 3.74. The van der Waals surface area contributed by atoms with Crippen molar-refractivity contribution >= 4 is 23.2 Å². The summed E-state index contributed by atoms with van der Waals surface area (Å²) in [6.07, 6.45) is 1.70. The lowest BCUT2D eigenvalue weighted by Crippen LogP contribution is -2.04. The van der Waals surface area contributed by atoms with Crippen molar-refractivity contribution in [3.63, 3.8) is 0 Å². The molecular weight excluding hydrogens is 347 g/mol. The fraction of sp³-hybridized carbons (Fsp3) is 0.333. The van der Waals surface area contributed by atoms with E-state index in [2.05, 4.69) is 0 Å². The van der Waals surface area contributed by atoms with E-state index in [1.807, 2.05) is 36.4 Å². The van der Waals surface area contributed by atoms with Crippen LogP contribution in [0, 0.1) is 0 Å². The molecule has 0 saturated heterocycles. The minimum Gasteiger partial charge on any atom is -0.497 e. The van der Waals surface area contributed by atoms with E-state index in [-0.39, 0.29) is 11.5 Å². The lowest BCUT2D eigenvalue weighted by molar-refractivity contribution is 0.399. The lowest BCUT2D eigenvalue weighted by atomic mass is 9.96. The van der Waals surface area contributed by atoms with Gasteiger partial charge in [0.2, 0.25) is 0 Å². The highest BCUT2D eigenvalue weighted by atomic mass is 35.5. The summed E-state index contributed by atoms with van der Waals surface area (Å²) in [6, 6.07) is 11.7. The Morgan fingerprint density at radius 2 is 1.88 bits per heavy atom. The monoisotopic (exact) mass is 370 g/mol. The molecule has 0 aromatic heterocycles. The van der Waals surface area contributed by atoms with Gasteiger partial charge in [-0.1, -0.05) is 23.7 Å². The molecule has 132 valence electrons. The number of hydrogen-bond acceptors (Lipinski definition) is 4. The molecule has 0 saturated carbocycles. The number of nitrogens with two attached hydrogens (primary N) is 1. The maximum absolute atomic E-state index is 5.97. The second-order valence-corrected chi connectivity index (χ2v) is 6.17. The minimum absolute atomic E-state index is 0. The molecule has 2 aromatic rings. The zero-order chi connectivity index (χ0) is 16.8. The van der Waals surface area contributed by atoms with E-state index in [0.29, 0.717) is 6.54 Å². The average Bonchev–Trinajstić information content (AvgIpc) is 2.57. The third-order valence-corrected chi connectivity index (χ3v) is 4.50. The standard InChI is InChI=1S/C10H15NO2.C8H6Cl2.H3N/c1-12-9-3-4-10(13-2)8(7-9)5-6-11;9-7-4-6-2-1-5(7)3-8(6)10;/h3-4,7H,5-6,11H2,1-2H3;1-3,7H,4H2;1H3. The largest absolute Gasteiger partial charge is 0.497 e. The van der Waals surface area contributed by atoms with Gasteiger partial charge < -0.3 is 21.4 Å². The molecule has 4 nitrogen and oxygen atoms in total. The van der Waals surface area contributed by atoms with Crippen LogP contribution in [-0.4, -0.2) is 20.8 Å². The molecule has 0 amide bonds. The summed E-state index contributed by atoms with van der Waals surface area (Å²) in [5, 5.41) is 1.01. The summed E-state index contributed by atoms with van der Waals surface area (Å²) in [5.41, 5.74) is 8.87. The first-order valence-electron chi connectivity index (χ1n) is 7.42. The number of ether oxygens (including phenoxy) is 2. The van der Waals surface area contributed by atoms with Crippen LogP contribution in [0.5, 0.6) is 11.5 Å². The normalized spacial score (nSPS) is 14.3. The Morgan fingerprint density at radius 3 is 2.29 bits per heavy atom. The van der Waals surface area contributed by atoms with Crippen molar-refractivity contribution in [2.45, 2.75) is 18.2 Å². The molecule has 1 unspecified atom stereocenters. The number of methoxy groups -OCH3 is 2. The summed E-state index contributed by atoms with van der Waals surface area (Å²) < 4.78 is 10.3. The molecule has 2 bridgehead atoms. The van der Waals surface area contributed by atoms with Gasteiger partial charge in [0.05, 0.1) is 19.6 Å². The van der Waals surface area contributed by atoms with Crippen molar-refractivity contribution < 1.29 is 9.47 Å². The summed E-state index contributed by atoms with van der Waals surface area (Å²) in [5.74, 6) is 1.70. The van der Waals surface area contributed by atoms with Crippen LogP contribution in [0.2, 0.25) is 5.02 Å². The van der Waals surface area contributed by atoms with Crippen LogP contribution in [0.15, 0.2) is 36.4 Å². The summed E-state index contributed by atoms with van der Waals surface area (Å²) in [4.78, 5) is 0. The van der Waals surface area contributed by atoms with Crippen LogP contribution in [0.1, 0.15) is 22.1 Å². The maximum atomic E-state index is 5.97. The first-order valence-corrected chi connectivity index (χ1v) is 8.23. The highest BCUT2D eigenvalue weighted by Crippen LogP contribution is 2.35. The molecule has 2 aliphatic rings. The van der Waals surface area contributed by atoms with Crippen LogP contribution in [0.25, 0.3) is 0 Å². The molecule has 0 radical (unpaired) electrons. The van der Waals surface area contributed by atoms with Gasteiger partial charge in [-0.05, 0) is 60.3 Å². The molecular formula is C18H24Cl2N2O2. The van der Waals surface area contributed by atoms with Gasteiger partial charge in [-0.2, -0.15) is 0 Å². The first-order chi connectivity index (χ1) is 11.1. The highest BCUT2D eigenvalue weighted by Gasteiger charge is 2.17. The van der Waals surface area contributed by atoms with Gasteiger partial charge >= 0.3 is 0 Å². The quantitative estimate of drug-likeness (QED) is 0.773. The summed E-state index contributed by atoms with van der Waals surface area (Å²) in [7, 11) is 3.30. The second kappa shape index (κ2) is 9.74. The molecule has 2 aromatic carbocycles. The van der Waals surface area contributed by atoms with Gasteiger partial charge in [0.25, 0.3) is 0 Å². The van der Waals surface area contributed by atoms with Crippen LogP contribution >= 0.6 is 23.2 Å². The van der Waals surface area contributed by atoms with Crippen molar-refractivity contribution in [1.82, 2.24) is 6.15 Å². The number of benzene rings is 2. The highest BCUT2D eigenvalue weighted by molar-refractivity contribution is 6.32. The topological polar surface area (TPSA) is 79.5 Å². The van der Waals surface area contributed by atoms with Gasteiger partial charge in [0, 0.05) is 5.02 Å². The Kier molecular flexibility index (Phi) is 8.36. The van der Waals surface area contributed by atoms with E-state index >= 15 is 0 Å². The SMILES string of the molecule is COc1ccc(OC)c(CCN)c1.Clc1cc2ccc1CC2Cl.N. The number of hydrogen-bond donors (Lipinski definition) is 2. The Labute approximate surface area is 153 Å². The molecule has 0 aliphatic heterocycles. The third kappa shape index (κ3) is 5.02. The molecule has 0 spiro atoms.